The number of pyridine rings is 1. The molecule has 7 heteroatoms. The lowest BCUT2D eigenvalue weighted by Gasteiger charge is -2.15. The first-order chi connectivity index (χ1) is 10.7. The quantitative estimate of drug-likeness (QED) is 0.828. The highest BCUT2D eigenvalue weighted by Gasteiger charge is 2.27. The van der Waals surface area contributed by atoms with Crippen molar-refractivity contribution < 1.29 is 8.42 Å². The van der Waals surface area contributed by atoms with E-state index in [1.807, 2.05) is 30.3 Å². The molecule has 0 aliphatic carbocycles. The van der Waals surface area contributed by atoms with E-state index < -0.39 is 10.0 Å². The highest BCUT2D eigenvalue weighted by Crippen LogP contribution is 2.20. The predicted octanol–water partition coefficient (Wildman–Crippen LogP) is 2.31. The van der Waals surface area contributed by atoms with Gasteiger partial charge in [0.15, 0.2) is 0 Å². The largest absolute Gasteiger partial charge is 0.300 e. The summed E-state index contributed by atoms with van der Waals surface area (Å²) in [6.07, 6.45) is 3.24. The second-order valence-corrected chi connectivity index (χ2v) is 7.04. The number of rotatable bonds is 5. The first kappa shape index (κ1) is 14.8. The molecule has 1 saturated heterocycles. The summed E-state index contributed by atoms with van der Waals surface area (Å²) in [6.45, 7) is 1.19. The molecule has 0 unspecified atom stereocenters. The summed E-state index contributed by atoms with van der Waals surface area (Å²) in [4.78, 5) is 4.39. The topological polar surface area (TPSA) is 74.3 Å². The van der Waals surface area contributed by atoms with Crippen molar-refractivity contribution in [1.82, 2.24) is 9.29 Å². The monoisotopic (exact) mass is 318 g/mol. The predicted molar refractivity (Wildman–Crippen MR) is 85.9 cm³/mol. The molecule has 0 amide bonds. The maximum Gasteiger partial charge on any atom is 0.244 e. The Kier molecular flexibility index (Phi) is 4.26. The lowest BCUT2D eigenvalue weighted by atomic mass is 10.3. The van der Waals surface area contributed by atoms with Gasteiger partial charge < -0.3 is 0 Å². The van der Waals surface area contributed by atoms with E-state index in [4.69, 9.17) is 0 Å². The van der Waals surface area contributed by atoms with Gasteiger partial charge in [-0.05, 0) is 37.1 Å². The highest BCUT2D eigenvalue weighted by molar-refractivity contribution is 7.89. The molecule has 2 heterocycles. The molecule has 116 valence electrons. The summed E-state index contributed by atoms with van der Waals surface area (Å²) < 4.78 is 26.3. The molecule has 0 saturated carbocycles. The van der Waals surface area contributed by atoms with E-state index in [0.29, 0.717) is 18.9 Å². The summed E-state index contributed by atoms with van der Waals surface area (Å²) >= 11 is 0. The fourth-order valence-electron chi connectivity index (χ4n) is 2.34. The van der Waals surface area contributed by atoms with Crippen LogP contribution in [0.3, 0.4) is 0 Å². The molecule has 0 atom stereocenters. The van der Waals surface area contributed by atoms with Gasteiger partial charge in [-0.15, -0.1) is 0 Å². The molecule has 0 spiro atoms. The number of sulfonamides is 1. The first-order valence-corrected chi connectivity index (χ1v) is 8.63. The Morgan fingerprint density at radius 3 is 2.32 bits per heavy atom. The van der Waals surface area contributed by atoms with Crippen molar-refractivity contribution in [3.05, 3.63) is 48.7 Å². The van der Waals surface area contributed by atoms with Crippen LogP contribution in [0.15, 0.2) is 53.6 Å². The van der Waals surface area contributed by atoms with Gasteiger partial charge in [0.2, 0.25) is 10.0 Å². The lowest BCUT2D eigenvalue weighted by molar-refractivity contribution is 0.477. The normalized spacial score (nSPS) is 15.6. The SMILES string of the molecule is O=S(=O)(c1ccc(NNc2ccccc2)nc1)N1CCCC1. The Hall–Kier alpha value is -2.12. The van der Waals surface area contributed by atoms with Crippen molar-refractivity contribution in [2.24, 2.45) is 0 Å². The van der Waals surface area contributed by atoms with Crippen LogP contribution >= 0.6 is 0 Å². The maximum atomic E-state index is 12.4. The third-order valence-electron chi connectivity index (χ3n) is 3.55. The molecule has 6 nitrogen and oxygen atoms in total. The third-order valence-corrected chi connectivity index (χ3v) is 5.43. The van der Waals surface area contributed by atoms with Crippen LogP contribution in [0.4, 0.5) is 11.5 Å². The first-order valence-electron chi connectivity index (χ1n) is 7.19. The van der Waals surface area contributed by atoms with Gasteiger partial charge in [0.05, 0.1) is 5.69 Å². The Morgan fingerprint density at radius 2 is 1.68 bits per heavy atom. The van der Waals surface area contributed by atoms with Crippen LogP contribution in [0.1, 0.15) is 12.8 Å². The van der Waals surface area contributed by atoms with Crippen LogP contribution in [0, 0.1) is 0 Å². The number of hydrogen-bond donors (Lipinski definition) is 2. The molecule has 1 aliphatic heterocycles. The molecule has 0 bridgehead atoms. The average Bonchev–Trinajstić information content (AvgIpc) is 3.10. The van der Waals surface area contributed by atoms with Gasteiger partial charge in [-0.3, -0.25) is 10.9 Å². The van der Waals surface area contributed by atoms with Gasteiger partial charge in [0.25, 0.3) is 0 Å². The third kappa shape index (κ3) is 3.20. The Labute approximate surface area is 130 Å². The second kappa shape index (κ2) is 6.33. The van der Waals surface area contributed by atoms with Crippen molar-refractivity contribution in [3.63, 3.8) is 0 Å². The van der Waals surface area contributed by atoms with E-state index in [2.05, 4.69) is 15.8 Å². The van der Waals surface area contributed by atoms with Gasteiger partial charge in [-0.25, -0.2) is 13.4 Å². The second-order valence-electron chi connectivity index (χ2n) is 5.11. The van der Waals surface area contributed by atoms with Crippen molar-refractivity contribution in [2.45, 2.75) is 17.7 Å². The molecule has 1 fully saturated rings. The van der Waals surface area contributed by atoms with Crippen LogP contribution in [0.25, 0.3) is 0 Å². The molecule has 0 radical (unpaired) electrons. The zero-order chi connectivity index (χ0) is 15.4. The van der Waals surface area contributed by atoms with Crippen molar-refractivity contribution in [1.29, 1.82) is 0 Å². The van der Waals surface area contributed by atoms with E-state index in [1.165, 1.54) is 10.5 Å². The zero-order valence-electron chi connectivity index (χ0n) is 12.1. The number of nitrogens with zero attached hydrogens (tertiary/aromatic N) is 2. The summed E-state index contributed by atoms with van der Waals surface area (Å²) in [5.41, 5.74) is 6.84. The molecule has 3 rings (SSSR count). The number of anilines is 2. The van der Waals surface area contributed by atoms with Gasteiger partial charge >= 0.3 is 0 Å². The Balaban J connectivity index is 1.67. The minimum Gasteiger partial charge on any atom is -0.300 e. The number of hydrogen-bond acceptors (Lipinski definition) is 5. The van der Waals surface area contributed by atoms with Crippen molar-refractivity contribution >= 4 is 21.5 Å². The fraction of sp³-hybridized carbons (Fsp3) is 0.267. The van der Waals surface area contributed by atoms with E-state index in [0.717, 1.165) is 18.5 Å². The maximum absolute atomic E-state index is 12.4. The summed E-state index contributed by atoms with van der Waals surface area (Å²) in [7, 11) is -3.40. The van der Waals surface area contributed by atoms with Crippen molar-refractivity contribution in [2.75, 3.05) is 23.9 Å². The van der Waals surface area contributed by atoms with Gasteiger partial charge in [0.1, 0.15) is 10.7 Å². The minimum absolute atomic E-state index is 0.236. The van der Waals surface area contributed by atoms with Gasteiger partial charge in [-0.1, -0.05) is 18.2 Å². The van der Waals surface area contributed by atoms with Gasteiger partial charge in [-0.2, -0.15) is 4.31 Å². The van der Waals surface area contributed by atoms with E-state index in [-0.39, 0.29) is 4.90 Å². The van der Waals surface area contributed by atoms with Crippen LogP contribution in [0.2, 0.25) is 0 Å². The number of aromatic nitrogens is 1. The van der Waals surface area contributed by atoms with Gasteiger partial charge in [0, 0.05) is 19.3 Å². The fourth-order valence-corrected chi connectivity index (χ4v) is 3.81. The molecule has 1 aromatic carbocycles. The summed E-state index contributed by atoms with van der Waals surface area (Å²) in [5, 5.41) is 0. The van der Waals surface area contributed by atoms with Crippen molar-refractivity contribution in [3.8, 4) is 0 Å². The van der Waals surface area contributed by atoms with E-state index in [1.54, 1.807) is 12.1 Å². The molecule has 2 aromatic rings. The Morgan fingerprint density at radius 1 is 0.955 bits per heavy atom. The van der Waals surface area contributed by atoms with Crippen LogP contribution < -0.4 is 10.9 Å². The minimum atomic E-state index is -3.40. The number of nitrogens with one attached hydrogen (secondary N) is 2. The number of para-hydroxylation sites is 1. The van der Waals surface area contributed by atoms with E-state index >= 15 is 0 Å². The molecule has 1 aromatic heterocycles. The highest BCUT2D eigenvalue weighted by atomic mass is 32.2. The lowest BCUT2D eigenvalue weighted by Crippen LogP contribution is -2.28. The summed E-state index contributed by atoms with van der Waals surface area (Å²) in [6, 6.07) is 12.8. The molecular weight excluding hydrogens is 300 g/mol. The average molecular weight is 318 g/mol. The summed E-state index contributed by atoms with van der Waals surface area (Å²) in [5.74, 6) is 0.559. The molecule has 1 aliphatic rings. The van der Waals surface area contributed by atoms with E-state index in [9.17, 15) is 8.42 Å². The van der Waals surface area contributed by atoms with Crippen LogP contribution in [-0.2, 0) is 10.0 Å². The zero-order valence-corrected chi connectivity index (χ0v) is 12.9. The smallest absolute Gasteiger partial charge is 0.244 e. The van der Waals surface area contributed by atoms with Crippen LogP contribution in [-0.4, -0.2) is 30.8 Å². The number of hydrazine groups is 1. The van der Waals surface area contributed by atoms with Crippen LogP contribution in [0.5, 0.6) is 0 Å². The molecule has 22 heavy (non-hydrogen) atoms. The molecule has 2 N–H and O–H groups in total. The molecular formula is C15H18N4O2S. The standard InChI is InChI=1S/C15H18N4O2S/c20-22(21,19-10-4-5-11-19)14-8-9-15(16-12-14)18-17-13-6-2-1-3-7-13/h1-3,6-9,12,17H,4-5,10-11H2,(H,16,18). The number of benzene rings is 1. The Bertz CT molecular complexity index is 711.